The van der Waals surface area contributed by atoms with Gasteiger partial charge in [-0.15, -0.1) is 0 Å². The lowest BCUT2D eigenvalue weighted by molar-refractivity contribution is -0.148. The molecule has 1 aliphatic rings. The summed E-state index contributed by atoms with van der Waals surface area (Å²) in [7, 11) is 1.50. The number of esters is 1. The number of carbonyl (C=O) groups is 1. The van der Waals surface area contributed by atoms with E-state index >= 15 is 0 Å². The number of hydrogen-bond donors (Lipinski definition) is 1. The molecule has 2 unspecified atom stereocenters. The topological polar surface area (TPSA) is 38.3 Å². The smallest absolute Gasteiger partial charge is 0.327 e. The summed E-state index contributed by atoms with van der Waals surface area (Å²) in [5.74, 6) is 3.06. The number of carbonyl (C=O) groups excluding carboxylic acids is 1. The minimum Gasteiger partial charge on any atom is -0.468 e. The summed E-state index contributed by atoms with van der Waals surface area (Å²) in [6.45, 7) is 7.34. The van der Waals surface area contributed by atoms with Crippen LogP contribution in [0.1, 0.15) is 40.0 Å². The van der Waals surface area contributed by atoms with Gasteiger partial charge in [0.25, 0.3) is 0 Å². The Hall–Kier alpha value is -0.220. The van der Waals surface area contributed by atoms with Gasteiger partial charge in [-0.05, 0) is 37.0 Å². The van der Waals surface area contributed by atoms with Gasteiger partial charge in [-0.25, -0.2) is 0 Å². The van der Waals surface area contributed by atoms with Crippen LogP contribution in [0, 0.1) is 11.8 Å². The van der Waals surface area contributed by atoms with E-state index in [-0.39, 0.29) is 5.97 Å². The monoisotopic (exact) mass is 273 g/mol. The van der Waals surface area contributed by atoms with Crippen molar-refractivity contribution in [1.82, 2.24) is 5.32 Å². The Morgan fingerprint density at radius 3 is 2.61 bits per heavy atom. The van der Waals surface area contributed by atoms with E-state index in [4.69, 9.17) is 4.74 Å². The Morgan fingerprint density at radius 1 is 1.50 bits per heavy atom. The molecule has 1 rings (SSSR count). The van der Waals surface area contributed by atoms with Gasteiger partial charge < -0.3 is 10.1 Å². The predicted molar refractivity (Wildman–Crippen MR) is 77.9 cm³/mol. The van der Waals surface area contributed by atoms with Crippen molar-refractivity contribution in [1.29, 1.82) is 0 Å². The normalized spacial score (nSPS) is 20.2. The van der Waals surface area contributed by atoms with Crippen molar-refractivity contribution in [3.63, 3.8) is 0 Å². The zero-order valence-electron chi connectivity index (χ0n) is 12.1. The zero-order valence-corrected chi connectivity index (χ0v) is 12.9. The maximum Gasteiger partial charge on any atom is 0.327 e. The molecule has 1 fully saturated rings. The van der Waals surface area contributed by atoms with Crippen molar-refractivity contribution in [2.75, 3.05) is 25.2 Å². The predicted octanol–water partition coefficient (Wildman–Crippen LogP) is 2.70. The van der Waals surface area contributed by atoms with Crippen molar-refractivity contribution in [2.45, 2.75) is 45.6 Å². The lowest BCUT2D eigenvalue weighted by Crippen LogP contribution is -2.56. The first-order chi connectivity index (χ1) is 8.60. The number of thioether (sulfide) groups is 1. The van der Waals surface area contributed by atoms with Crippen molar-refractivity contribution >= 4 is 17.7 Å². The first kappa shape index (κ1) is 15.8. The van der Waals surface area contributed by atoms with Gasteiger partial charge >= 0.3 is 5.97 Å². The van der Waals surface area contributed by atoms with Gasteiger partial charge in [0.2, 0.25) is 0 Å². The molecule has 0 heterocycles. The van der Waals surface area contributed by atoms with Crippen LogP contribution in [-0.2, 0) is 9.53 Å². The van der Waals surface area contributed by atoms with Crippen LogP contribution in [0.2, 0.25) is 0 Å². The highest BCUT2D eigenvalue weighted by Crippen LogP contribution is 2.42. The van der Waals surface area contributed by atoms with Crippen LogP contribution in [0.3, 0.4) is 0 Å². The summed E-state index contributed by atoms with van der Waals surface area (Å²) in [5.41, 5.74) is -0.443. The maximum atomic E-state index is 12.2. The van der Waals surface area contributed by atoms with Crippen molar-refractivity contribution < 1.29 is 9.53 Å². The highest BCUT2D eigenvalue weighted by Gasteiger charge is 2.51. The van der Waals surface area contributed by atoms with Crippen molar-refractivity contribution in [3.05, 3.63) is 0 Å². The summed E-state index contributed by atoms with van der Waals surface area (Å²) in [4.78, 5) is 12.2. The van der Waals surface area contributed by atoms with Crippen LogP contribution in [0.4, 0.5) is 0 Å². The Balaban J connectivity index is 2.61. The third kappa shape index (κ3) is 3.89. The quantitative estimate of drug-likeness (QED) is 0.656. The maximum absolute atomic E-state index is 12.2. The Morgan fingerprint density at radius 2 is 2.17 bits per heavy atom. The molecular formula is C14H27NO2S. The summed E-state index contributed by atoms with van der Waals surface area (Å²) >= 11 is 1.88. The van der Waals surface area contributed by atoms with Gasteiger partial charge in [-0.2, -0.15) is 11.8 Å². The number of rotatable bonds is 9. The highest BCUT2D eigenvalue weighted by molar-refractivity contribution is 7.99. The Kier molecular flexibility index (Phi) is 6.50. The molecule has 3 nitrogen and oxygen atoms in total. The second-order valence-corrected chi connectivity index (χ2v) is 6.33. The molecule has 1 N–H and O–H groups in total. The number of hydrogen-bond acceptors (Lipinski definition) is 4. The van der Waals surface area contributed by atoms with E-state index in [0.717, 1.165) is 30.9 Å². The number of nitrogens with one attached hydrogen (secondary N) is 1. The van der Waals surface area contributed by atoms with Crippen LogP contribution >= 0.6 is 11.8 Å². The lowest BCUT2D eigenvalue weighted by atomic mass is 9.95. The van der Waals surface area contributed by atoms with Crippen LogP contribution in [0.25, 0.3) is 0 Å². The van der Waals surface area contributed by atoms with Crippen LogP contribution in [-0.4, -0.2) is 36.7 Å². The van der Waals surface area contributed by atoms with Crippen molar-refractivity contribution in [3.8, 4) is 0 Å². The summed E-state index contributed by atoms with van der Waals surface area (Å²) in [6, 6.07) is 0. The summed E-state index contributed by atoms with van der Waals surface area (Å²) in [6.07, 6.45) is 3.49. The zero-order chi connectivity index (χ0) is 13.6. The van der Waals surface area contributed by atoms with Gasteiger partial charge in [0, 0.05) is 5.75 Å². The minimum absolute atomic E-state index is 0.0801. The average molecular weight is 273 g/mol. The molecule has 0 radical (unpaired) electrons. The van der Waals surface area contributed by atoms with E-state index < -0.39 is 5.54 Å². The van der Waals surface area contributed by atoms with E-state index in [1.54, 1.807) is 0 Å². The first-order valence-electron chi connectivity index (χ1n) is 7.01. The molecule has 0 aromatic carbocycles. The molecule has 1 aliphatic carbocycles. The third-order valence-electron chi connectivity index (χ3n) is 3.75. The van der Waals surface area contributed by atoms with Crippen molar-refractivity contribution in [2.24, 2.45) is 11.8 Å². The van der Waals surface area contributed by atoms with E-state index in [0.29, 0.717) is 11.8 Å². The summed E-state index contributed by atoms with van der Waals surface area (Å²) in [5, 5.41) is 3.41. The molecule has 0 bridgehead atoms. The van der Waals surface area contributed by atoms with Gasteiger partial charge in [0.05, 0.1) is 7.11 Å². The fraction of sp³-hybridized carbons (Fsp3) is 0.929. The molecule has 0 amide bonds. The molecule has 0 spiro atoms. The third-order valence-corrected chi connectivity index (χ3v) is 5.21. The van der Waals surface area contributed by atoms with E-state index in [9.17, 15) is 4.79 Å². The molecule has 1 saturated carbocycles. The molecule has 18 heavy (non-hydrogen) atoms. The van der Waals surface area contributed by atoms with E-state index in [2.05, 4.69) is 26.1 Å². The number of ether oxygens (including phenoxy) is 1. The SMILES string of the molecule is CCNC(CSCC(C)CC)(C(=O)OC)C1CC1. The molecular weight excluding hydrogens is 246 g/mol. The molecule has 106 valence electrons. The Bertz CT molecular complexity index is 269. The molecule has 0 aliphatic heterocycles. The molecule has 0 aromatic rings. The molecule has 0 saturated heterocycles. The molecule has 0 aromatic heterocycles. The molecule has 4 heteroatoms. The average Bonchev–Trinajstić information content (AvgIpc) is 3.20. The lowest BCUT2D eigenvalue weighted by Gasteiger charge is -2.32. The molecule has 2 atom stereocenters. The van der Waals surface area contributed by atoms with Crippen LogP contribution in [0.5, 0.6) is 0 Å². The fourth-order valence-electron chi connectivity index (χ4n) is 2.22. The second kappa shape index (κ2) is 7.39. The summed E-state index contributed by atoms with van der Waals surface area (Å²) < 4.78 is 5.04. The second-order valence-electron chi connectivity index (χ2n) is 5.30. The van der Waals surface area contributed by atoms with Crippen LogP contribution in [0.15, 0.2) is 0 Å². The Labute approximate surface area is 115 Å². The number of likely N-dealkylation sites (N-methyl/N-ethyl adjacent to an activating group) is 1. The van der Waals surface area contributed by atoms with E-state index in [1.807, 2.05) is 11.8 Å². The number of methoxy groups -OCH3 is 1. The largest absolute Gasteiger partial charge is 0.468 e. The van der Waals surface area contributed by atoms with Crippen LogP contribution < -0.4 is 5.32 Å². The van der Waals surface area contributed by atoms with E-state index in [1.165, 1.54) is 13.5 Å². The standard InChI is InChI=1S/C14H27NO2S/c1-5-11(3)9-18-10-14(15-6-2,12-7-8-12)13(16)17-4/h11-12,15H,5-10H2,1-4H3. The van der Waals surface area contributed by atoms with Gasteiger partial charge in [-0.3, -0.25) is 4.79 Å². The highest BCUT2D eigenvalue weighted by atomic mass is 32.2. The first-order valence-corrected chi connectivity index (χ1v) is 8.17. The minimum atomic E-state index is -0.443. The van der Waals surface area contributed by atoms with Gasteiger partial charge in [0.1, 0.15) is 5.54 Å². The fourth-order valence-corrected chi connectivity index (χ4v) is 3.76. The van der Waals surface area contributed by atoms with Gasteiger partial charge in [-0.1, -0.05) is 27.2 Å². The van der Waals surface area contributed by atoms with Gasteiger partial charge in [0.15, 0.2) is 0 Å².